The molecule has 2 heterocycles. The lowest BCUT2D eigenvalue weighted by atomic mass is 10.1. The molecule has 0 N–H and O–H groups in total. The molecule has 0 aliphatic heterocycles. The van der Waals surface area contributed by atoms with Crippen molar-refractivity contribution >= 4 is 5.78 Å². The summed E-state index contributed by atoms with van der Waals surface area (Å²) in [5.41, 5.74) is 2.33. The zero-order valence-electron chi connectivity index (χ0n) is 9.05. The Morgan fingerprint density at radius 2 is 2.06 bits per heavy atom. The van der Waals surface area contributed by atoms with Crippen LogP contribution in [-0.2, 0) is 6.42 Å². The van der Waals surface area contributed by atoms with Crippen LogP contribution in [0.4, 0.5) is 0 Å². The van der Waals surface area contributed by atoms with Crippen molar-refractivity contribution in [1.82, 2.24) is 9.97 Å². The number of aromatic nitrogens is 2. The fraction of sp³-hybridized carbons (Fsp3) is 0.154. The first kappa shape index (κ1) is 10.5. The molecule has 0 aliphatic carbocycles. The number of hydrogen-bond acceptors (Lipinski definition) is 3. The van der Waals surface area contributed by atoms with Crippen LogP contribution < -0.4 is 0 Å². The first-order valence-electron chi connectivity index (χ1n) is 5.11. The molecule has 16 heavy (non-hydrogen) atoms. The molecule has 0 radical (unpaired) electrons. The SMILES string of the molecule is Cc1ccc(C(=O)Cc2ccccn2)cn1. The summed E-state index contributed by atoms with van der Waals surface area (Å²) in [6.07, 6.45) is 3.63. The highest BCUT2D eigenvalue weighted by Gasteiger charge is 2.07. The van der Waals surface area contributed by atoms with Gasteiger partial charge in [-0.3, -0.25) is 14.8 Å². The van der Waals surface area contributed by atoms with Crippen molar-refractivity contribution < 1.29 is 4.79 Å². The van der Waals surface area contributed by atoms with Crippen molar-refractivity contribution in [1.29, 1.82) is 0 Å². The van der Waals surface area contributed by atoms with Crippen molar-refractivity contribution in [2.24, 2.45) is 0 Å². The summed E-state index contributed by atoms with van der Waals surface area (Å²) in [6, 6.07) is 9.20. The Morgan fingerprint density at radius 1 is 1.19 bits per heavy atom. The van der Waals surface area contributed by atoms with Gasteiger partial charge < -0.3 is 0 Å². The average Bonchev–Trinajstić information content (AvgIpc) is 2.31. The lowest BCUT2D eigenvalue weighted by Gasteiger charge is -2.00. The smallest absolute Gasteiger partial charge is 0.170 e. The van der Waals surface area contributed by atoms with Crippen LogP contribution in [0.1, 0.15) is 21.7 Å². The molecule has 0 unspecified atom stereocenters. The van der Waals surface area contributed by atoms with Crippen LogP contribution in [0.5, 0.6) is 0 Å². The van der Waals surface area contributed by atoms with Gasteiger partial charge in [0.05, 0.1) is 6.42 Å². The molecule has 0 atom stereocenters. The van der Waals surface area contributed by atoms with Gasteiger partial charge >= 0.3 is 0 Å². The number of aryl methyl sites for hydroxylation is 1. The van der Waals surface area contributed by atoms with E-state index in [9.17, 15) is 4.79 Å². The van der Waals surface area contributed by atoms with E-state index >= 15 is 0 Å². The Balaban J connectivity index is 2.12. The Kier molecular flexibility index (Phi) is 3.05. The third kappa shape index (κ3) is 2.51. The van der Waals surface area contributed by atoms with Crippen LogP contribution in [0.2, 0.25) is 0 Å². The predicted molar refractivity (Wildman–Crippen MR) is 61.2 cm³/mol. The number of pyridine rings is 2. The maximum Gasteiger partial charge on any atom is 0.170 e. The number of ketones is 1. The monoisotopic (exact) mass is 212 g/mol. The summed E-state index contributed by atoms with van der Waals surface area (Å²) >= 11 is 0. The molecule has 0 bridgehead atoms. The minimum absolute atomic E-state index is 0.0474. The molecule has 0 fully saturated rings. The zero-order chi connectivity index (χ0) is 11.4. The number of carbonyl (C=O) groups excluding carboxylic acids is 1. The van der Waals surface area contributed by atoms with Gasteiger partial charge in [-0.1, -0.05) is 6.07 Å². The first-order valence-corrected chi connectivity index (χ1v) is 5.11. The molecule has 0 aliphatic rings. The number of rotatable bonds is 3. The topological polar surface area (TPSA) is 42.9 Å². The molecule has 0 saturated carbocycles. The Labute approximate surface area is 94.2 Å². The summed E-state index contributed by atoms with van der Waals surface area (Å²) in [5, 5.41) is 0. The molecule has 2 rings (SSSR count). The van der Waals surface area contributed by atoms with Crippen molar-refractivity contribution in [2.75, 3.05) is 0 Å². The van der Waals surface area contributed by atoms with Gasteiger partial charge in [0, 0.05) is 29.3 Å². The van der Waals surface area contributed by atoms with E-state index in [0.29, 0.717) is 12.0 Å². The largest absolute Gasteiger partial charge is 0.294 e. The number of hydrogen-bond donors (Lipinski definition) is 0. The molecule has 0 spiro atoms. The van der Waals surface area contributed by atoms with Crippen molar-refractivity contribution in [3.05, 3.63) is 59.7 Å². The van der Waals surface area contributed by atoms with E-state index in [1.165, 1.54) is 0 Å². The lowest BCUT2D eigenvalue weighted by molar-refractivity contribution is 0.0991. The highest BCUT2D eigenvalue weighted by atomic mass is 16.1. The Bertz CT molecular complexity index is 477. The van der Waals surface area contributed by atoms with E-state index in [1.54, 1.807) is 18.5 Å². The van der Waals surface area contributed by atoms with E-state index < -0.39 is 0 Å². The first-order chi connectivity index (χ1) is 7.75. The van der Waals surface area contributed by atoms with Crippen molar-refractivity contribution in [2.45, 2.75) is 13.3 Å². The molecule has 0 saturated heterocycles. The van der Waals surface area contributed by atoms with Gasteiger partial charge in [0.2, 0.25) is 0 Å². The standard InChI is InChI=1S/C13H12N2O/c1-10-5-6-11(9-15-10)13(16)8-12-4-2-3-7-14-12/h2-7,9H,8H2,1H3. The Hall–Kier alpha value is -2.03. The predicted octanol–water partition coefficient (Wildman–Crippen LogP) is 2.21. The second kappa shape index (κ2) is 4.66. The van der Waals surface area contributed by atoms with Crippen LogP contribution in [0.3, 0.4) is 0 Å². The van der Waals surface area contributed by atoms with Gasteiger partial charge in [-0.05, 0) is 31.2 Å². The van der Waals surface area contributed by atoms with E-state index in [2.05, 4.69) is 9.97 Å². The summed E-state index contributed by atoms with van der Waals surface area (Å²) in [7, 11) is 0. The molecule has 0 amide bonds. The maximum absolute atomic E-state index is 11.8. The fourth-order valence-electron chi connectivity index (χ4n) is 1.40. The lowest BCUT2D eigenvalue weighted by Crippen LogP contribution is -2.05. The van der Waals surface area contributed by atoms with Crippen molar-refractivity contribution in [3.63, 3.8) is 0 Å². The second-order valence-electron chi connectivity index (χ2n) is 3.61. The average molecular weight is 212 g/mol. The van der Waals surface area contributed by atoms with Crippen LogP contribution in [0.15, 0.2) is 42.7 Å². The third-order valence-electron chi connectivity index (χ3n) is 2.30. The molecule has 3 nitrogen and oxygen atoms in total. The molecular weight excluding hydrogens is 200 g/mol. The highest BCUT2D eigenvalue weighted by Crippen LogP contribution is 2.05. The summed E-state index contributed by atoms with van der Waals surface area (Å²) in [5.74, 6) is 0.0474. The summed E-state index contributed by atoms with van der Waals surface area (Å²) in [4.78, 5) is 20.1. The van der Waals surface area contributed by atoms with E-state index in [1.807, 2.05) is 31.2 Å². The number of Topliss-reactive ketones (excluding diaryl/α,β-unsaturated/α-hetero) is 1. The van der Waals surface area contributed by atoms with Crippen molar-refractivity contribution in [3.8, 4) is 0 Å². The third-order valence-corrected chi connectivity index (χ3v) is 2.30. The van der Waals surface area contributed by atoms with Crippen LogP contribution in [0, 0.1) is 6.92 Å². The highest BCUT2D eigenvalue weighted by molar-refractivity contribution is 5.96. The van der Waals surface area contributed by atoms with E-state index in [4.69, 9.17) is 0 Å². The van der Waals surface area contributed by atoms with Gasteiger partial charge in [0.1, 0.15) is 0 Å². The zero-order valence-corrected chi connectivity index (χ0v) is 9.05. The molecule has 0 aromatic carbocycles. The van der Waals surface area contributed by atoms with Crippen LogP contribution in [-0.4, -0.2) is 15.8 Å². The van der Waals surface area contributed by atoms with Gasteiger partial charge in [-0.15, -0.1) is 0 Å². The van der Waals surface area contributed by atoms with Gasteiger partial charge in [-0.2, -0.15) is 0 Å². The van der Waals surface area contributed by atoms with Crippen LogP contribution >= 0.6 is 0 Å². The van der Waals surface area contributed by atoms with E-state index in [0.717, 1.165) is 11.4 Å². The van der Waals surface area contributed by atoms with Gasteiger partial charge in [-0.25, -0.2) is 0 Å². The minimum Gasteiger partial charge on any atom is -0.294 e. The molecule has 2 aromatic rings. The van der Waals surface area contributed by atoms with Gasteiger partial charge in [0.15, 0.2) is 5.78 Å². The molecule has 3 heteroatoms. The van der Waals surface area contributed by atoms with Crippen LogP contribution in [0.25, 0.3) is 0 Å². The van der Waals surface area contributed by atoms with E-state index in [-0.39, 0.29) is 5.78 Å². The minimum atomic E-state index is 0.0474. The quantitative estimate of drug-likeness (QED) is 0.732. The van der Waals surface area contributed by atoms with Gasteiger partial charge in [0.25, 0.3) is 0 Å². The second-order valence-corrected chi connectivity index (χ2v) is 3.61. The molecule has 80 valence electrons. The maximum atomic E-state index is 11.8. The number of carbonyl (C=O) groups is 1. The summed E-state index contributed by atoms with van der Waals surface area (Å²) < 4.78 is 0. The summed E-state index contributed by atoms with van der Waals surface area (Å²) in [6.45, 7) is 1.90. The number of nitrogens with zero attached hydrogens (tertiary/aromatic N) is 2. The fourth-order valence-corrected chi connectivity index (χ4v) is 1.40. The molecule has 2 aromatic heterocycles. The molecular formula is C13H12N2O. The normalized spacial score (nSPS) is 10.1. The Morgan fingerprint density at radius 3 is 2.69 bits per heavy atom.